The summed E-state index contributed by atoms with van der Waals surface area (Å²) in [5.41, 5.74) is 3.74. The highest BCUT2D eigenvalue weighted by molar-refractivity contribution is 5.99. The van der Waals surface area contributed by atoms with Crippen LogP contribution < -0.4 is 10.9 Å². The molecule has 1 N–H and O–H groups in total. The fourth-order valence-electron chi connectivity index (χ4n) is 3.32. The summed E-state index contributed by atoms with van der Waals surface area (Å²) < 4.78 is 29.0. The molecule has 1 aromatic heterocycles. The van der Waals surface area contributed by atoms with Crippen molar-refractivity contribution in [2.45, 2.75) is 19.8 Å². The molecule has 0 aliphatic heterocycles. The van der Waals surface area contributed by atoms with Gasteiger partial charge in [-0.2, -0.15) is 0 Å². The van der Waals surface area contributed by atoms with E-state index in [9.17, 15) is 18.4 Å². The van der Waals surface area contributed by atoms with Crippen LogP contribution in [-0.2, 0) is 24.7 Å². The van der Waals surface area contributed by atoms with Gasteiger partial charge in [-0.25, -0.2) is 8.78 Å². The molecule has 2 aromatic carbocycles. The van der Waals surface area contributed by atoms with Crippen molar-refractivity contribution in [2.24, 2.45) is 7.05 Å². The van der Waals surface area contributed by atoms with Crippen LogP contribution in [0.15, 0.2) is 66.1 Å². The summed E-state index contributed by atoms with van der Waals surface area (Å²) in [6.07, 6.45) is 3.67. The van der Waals surface area contributed by atoms with Crippen LogP contribution in [0.4, 0.5) is 14.5 Å². The minimum absolute atomic E-state index is 0.0801. The molecular weight excluding hydrogens is 386 g/mol. The van der Waals surface area contributed by atoms with Crippen LogP contribution in [0.3, 0.4) is 0 Å². The molecule has 0 radical (unpaired) electrons. The Morgan fingerprint density at radius 3 is 2.50 bits per heavy atom. The van der Waals surface area contributed by atoms with Crippen LogP contribution >= 0.6 is 0 Å². The van der Waals surface area contributed by atoms with E-state index in [0.717, 1.165) is 22.8 Å². The summed E-state index contributed by atoms with van der Waals surface area (Å²) >= 11 is 0. The predicted molar refractivity (Wildman–Crippen MR) is 114 cm³/mol. The lowest BCUT2D eigenvalue weighted by Crippen LogP contribution is -2.20. The quantitative estimate of drug-likeness (QED) is 0.606. The number of halogens is 2. The number of anilines is 1. The number of benzene rings is 2. The van der Waals surface area contributed by atoms with Gasteiger partial charge >= 0.3 is 0 Å². The number of pyridine rings is 1. The molecule has 154 valence electrons. The van der Waals surface area contributed by atoms with E-state index in [1.165, 1.54) is 22.8 Å². The van der Waals surface area contributed by atoms with E-state index in [-0.39, 0.29) is 17.9 Å². The van der Waals surface area contributed by atoms with Crippen LogP contribution in [0.25, 0.3) is 11.1 Å². The van der Waals surface area contributed by atoms with Crippen molar-refractivity contribution >= 4 is 11.6 Å². The molecule has 0 bridgehead atoms. The fourth-order valence-corrected chi connectivity index (χ4v) is 3.32. The molecule has 0 saturated heterocycles. The molecule has 6 heteroatoms. The Morgan fingerprint density at radius 1 is 1.10 bits per heavy atom. The number of aromatic nitrogens is 1. The van der Waals surface area contributed by atoms with Crippen molar-refractivity contribution in [2.75, 3.05) is 5.32 Å². The van der Waals surface area contributed by atoms with Gasteiger partial charge in [0.25, 0.3) is 5.56 Å². The number of carbonyl (C=O) groups excluding carboxylic acids is 1. The molecule has 1 heterocycles. The molecule has 30 heavy (non-hydrogen) atoms. The molecule has 0 atom stereocenters. The third-order valence-electron chi connectivity index (χ3n) is 4.91. The van der Waals surface area contributed by atoms with Crippen LogP contribution in [0, 0.1) is 11.6 Å². The van der Waals surface area contributed by atoms with Gasteiger partial charge in [-0.05, 0) is 59.0 Å². The summed E-state index contributed by atoms with van der Waals surface area (Å²) in [7, 11) is 1.67. The van der Waals surface area contributed by atoms with Crippen LogP contribution in [0.1, 0.15) is 23.6 Å². The van der Waals surface area contributed by atoms with Crippen molar-refractivity contribution in [3.63, 3.8) is 0 Å². The average Bonchev–Trinajstić information content (AvgIpc) is 2.72. The lowest BCUT2D eigenvalue weighted by atomic mass is 9.94. The van der Waals surface area contributed by atoms with Crippen molar-refractivity contribution in [1.29, 1.82) is 0 Å². The number of aryl methyl sites for hydroxylation is 2. The first-order valence-corrected chi connectivity index (χ1v) is 9.52. The van der Waals surface area contributed by atoms with Gasteiger partial charge in [-0.15, -0.1) is 0 Å². The van der Waals surface area contributed by atoms with Gasteiger partial charge in [0, 0.05) is 37.0 Å². The Hall–Kier alpha value is -3.54. The zero-order valence-electron chi connectivity index (χ0n) is 16.8. The Kier molecular flexibility index (Phi) is 6.26. The molecule has 3 aromatic rings. The number of rotatable bonds is 6. The van der Waals surface area contributed by atoms with E-state index < -0.39 is 11.6 Å². The second-order valence-electron chi connectivity index (χ2n) is 7.00. The first-order chi connectivity index (χ1) is 14.3. The molecule has 0 unspecified atom stereocenters. The van der Waals surface area contributed by atoms with Crippen LogP contribution in [0.2, 0.25) is 0 Å². The molecular formula is C24H22F2N2O2. The SMILES string of the molecule is C=CC(=O)Nc1ccc(Cc2ccc(F)cc2F)c(-c2cc(CC)c(=O)n(C)c2)c1. The Balaban J connectivity index is 2.15. The van der Waals surface area contributed by atoms with E-state index in [1.807, 2.05) is 6.92 Å². The highest BCUT2D eigenvalue weighted by Gasteiger charge is 2.14. The number of hydrogen-bond acceptors (Lipinski definition) is 2. The Bertz CT molecular complexity index is 1180. The number of amides is 1. The zero-order chi connectivity index (χ0) is 21.8. The topological polar surface area (TPSA) is 51.1 Å². The van der Waals surface area contributed by atoms with Gasteiger partial charge in [0.15, 0.2) is 0 Å². The van der Waals surface area contributed by atoms with Crippen molar-refractivity contribution in [3.8, 4) is 11.1 Å². The molecule has 0 fully saturated rings. The Morgan fingerprint density at radius 2 is 1.83 bits per heavy atom. The van der Waals surface area contributed by atoms with Crippen LogP contribution in [-0.4, -0.2) is 10.5 Å². The fraction of sp³-hybridized carbons (Fsp3) is 0.167. The minimum atomic E-state index is -0.635. The molecule has 0 aliphatic rings. The molecule has 0 saturated carbocycles. The lowest BCUT2D eigenvalue weighted by molar-refractivity contribution is -0.111. The average molecular weight is 408 g/mol. The van der Waals surface area contributed by atoms with Gasteiger partial charge in [-0.1, -0.05) is 25.6 Å². The maximum atomic E-state index is 14.2. The number of nitrogens with zero attached hydrogens (tertiary/aromatic N) is 1. The first kappa shape index (κ1) is 21.2. The normalized spacial score (nSPS) is 10.7. The highest BCUT2D eigenvalue weighted by atomic mass is 19.1. The maximum Gasteiger partial charge on any atom is 0.253 e. The van der Waals surface area contributed by atoms with Crippen molar-refractivity contribution in [1.82, 2.24) is 4.57 Å². The summed E-state index contributed by atoms with van der Waals surface area (Å²) in [5, 5.41) is 2.72. The smallest absolute Gasteiger partial charge is 0.253 e. The molecule has 3 rings (SSSR count). The summed E-state index contributed by atoms with van der Waals surface area (Å²) in [4.78, 5) is 24.0. The van der Waals surface area contributed by atoms with Crippen molar-refractivity contribution in [3.05, 3.63) is 100.0 Å². The standard InChI is InChI=1S/C24H22F2N2O2/c1-4-15-10-18(14-28(3)24(15)30)21-13-20(27-23(29)5-2)9-7-16(21)11-17-6-8-19(25)12-22(17)26/h5-10,12-14H,2,4,11H2,1,3H3,(H,27,29). The van der Waals surface area contributed by atoms with Gasteiger partial charge in [0.1, 0.15) is 11.6 Å². The lowest BCUT2D eigenvalue weighted by Gasteiger charge is -2.15. The summed E-state index contributed by atoms with van der Waals surface area (Å²) in [5.74, 6) is -1.61. The summed E-state index contributed by atoms with van der Waals surface area (Å²) in [6.45, 7) is 5.35. The van der Waals surface area contributed by atoms with E-state index >= 15 is 0 Å². The number of nitrogens with one attached hydrogen (secondary N) is 1. The van der Waals surface area contributed by atoms with Crippen LogP contribution in [0.5, 0.6) is 0 Å². The Labute approximate surface area is 173 Å². The van der Waals surface area contributed by atoms with Gasteiger partial charge in [-0.3, -0.25) is 9.59 Å². The predicted octanol–water partition coefficient (Wildman–Crippen LogP) is 4.61. The third kappa shape index (κ3) is 4.54. The zero-order valence-corrected chi connectivity index (χ0v) is 16.8. The van der Waals surface area contributed by atoms with E-state index in [0.29, 0.717) is 23.2 Å². The number of carbonyl (C=O) groups is 1. The van der Waals surface area contributed by atoms with Gasteiger partial charge in [0.05, 0.1) is 0 Å². The first-order valence-electron chi connectivity index (χ1n) is 9.52. The van der Waals surface area contributed by atoms with Gasteiger partial charge < -0.3 is 9.88 Å². The highest BCUT2D eigenvalue weighted by Crippen LogP contribution is 2.30. The molecule has 0 spiro atoms. The third-order valence-corrected chi connectivity index (χ3v) is 4.91. The second-order valence-corrected chi connectivity index (χ2v) is 7.00. The number of hydrogen-bond donors (Lipinski definition) is 1. The molecule has 4 nitrogen and oxygen atoms in total. The maximum absolute atomic E-state index is 14.2. The van der Waals surface area contributed by atoms with E-state index in [4.69, 9.17) is 0 Å². The van der Waals surface area contributed by atoms with E-state index in [2.05, 4.69) is 11.9 Å². The molecule has 0 aliphatic carbocycles. The second kappa shape index (κ2) is 8.86. The van der Waals surface area contributed by atoms with E-state index in [1.54, 1.807) is 37.5 Å². The molecule has 1 amide bonds. The monoisotopic (exact) mass is 408 g/mol. The largest absolute Gasteiger partial charge is 0.323 e. The van der Waals surface area contributed by atoms with Crippen molar-refractivity contribution < 1.29 is 13.6 Å². The minimum Gasteiger partial charge on any atom is -0.323 e. The summed E-state index contributed by atoms with van der Waals surface area (Å²) in [6, 6.07) is 10.6. The van der Waals surface area contributed by atoms with Gasteiger partial charge in [0.2, 0.25) is 5.91 Å².